The number of sulfonamides is 1. The van der Waals surface area contributed by atoms with Gasteiger partial charge in [0.2, 0.25) is 10.0 Å². The van der Waals surface area contributed by atoms with Gasteiger partial charge in [-0.05, 0) is 63.6 Å². The van der Waals surface area contributed by atoms with E-state index in [9.17, 15) is 13.5 Å². The molecule has 3 heterocycles. The number of aryl methyl sites for hydroxylation is 1. The summed E-state index contributed by atoms with van der Waals surface area (Å²) < 4.78 is 29.6. The molecule has 1 spiro atoms. The molecule has 1 atom stereocenters. The Morgan fingerprint density at radius 3 is 2.61 bits per heavy atom. The number of rotatable bonds is 5. The summed E-state index contributed by atoms with van der Waals surface area (Å²) >= 11 is 0. The van der Waals surface area contributed by atoms with E-state index in [2.05, 4.69) is 16.7 Å². The number of β-amino-alcohol motifs (C(OH)–C–C–N with tert-alkyl or cyclic N) is 1. The second kappa shape index (κ2) is 9.33. The topological polar surface area (TPSA) is 77.0 Å². The van der Waals surface area contributed by atoms with E-state index in [0.717, 1.165) is 57.6 Å². The lowest BCUT2D eigenvalue weighted by Crippen LogP contribution is -2.38. The van der Waals surface area contributed by atoms with Crippen molar-refractivity contribution in [3.8, 4) is 0 Å². The molecule has 3 aliphatic rings. The van der Waals surface area contributed by atoms with E-state index in [1.54, 1.807) is 10.4 Å². The van der Waals surface area contributed by atoms with Crippen LogP contribution in [-0.4, -0.2) is 79.6 Å². The lowest BCUT2D eigenvalue weighted by Gasteiger charge is -2.33. The van der Waals surface area contributed by atoms with Gasteiger partial charge in [-0.1, -0.05) is 19.3 Å². The lowest BCUT2D eigenvalue weighted by molar-refractivity contribution is 0.204. The van der Waals surface area contributed by atoms with Gasteiger partial charge in [0.1, 0.15) is 10.7 Å². The molecule has 3 fully saturated rings. The number of hydrogen-bond acceptors (Lipinski definition) is 6. The second-order valence-corrected chi connectivity index (χ2v) is 11.7. The van der Waals surface area contributed by atoms with E-state index >= 15 is 0 Å². The Hall–Kier alpha value is -1.22. The molecule has 174 valence electrons. The molecular formula is C23H38N4O3S. The molecule has 1 aliphatic carbocycles. The molecular weight excluding hydrogens is 412 g/mol. The fourth-order valence-corrected chi connectivity index (χ4v) is 7.79. The van der Waals surface area contributed by atoms with Gasteiger partial charge in [0, 0.05) is 44.5 Å². The van der Waals surface area contributed by atoms with Crippen molar-refractivity contribution in [2.75, 3.05) is 50.8 Å². The van der Waals surface area contributed by atoms with Gasteiger partial charge in [0.25, 0.3) is 0 Å². The van der Waals surface area contributed by atoms with Gasteiger partial charge in [-0.15, -0.1) is 0 Å². The highest BCUT2D eigenvalue weighted by atomic mass is 32.2. The van der Waals surface area contributed by atoms with Crippen LogP contribution in [0.15, 0.2) is 17.0 Å². The van der Waals surface area contributed by atoms with Crippen molar-refractivity contribution in [1.29, 1.82) is 0 Å². The largest absolute Gasteiger partial charge is 0.395 e. The molecule has 1 aromatic rings. The molecule has 1 aromatic heterocycles. The first kappa shape index (κ1) is 23.0. The van der Waals surface area contributed by atoms with Crippen LogP contribution in [0, 0.1) is 12.3 Å². The van der Waals surface area contributed by atoms with E-state index in [-0.39, 0.29) is 18.1 Å². The first-order chi connectivity index (χ1) is 14.8. The first-order valence-electron chi connectivity index (χ1n) is 11.9. The van der Waals surface area contributed by atoms with Gasteiger partial charge in [-0.2, -0.15) is 4.31 Å². The summed E-state index contributed by atoms with van der Waals surface area (Å²) in [6, 6.07) is 3.62. The van der Waals surface area contributed by atoms with Crippen LogP contribution in [-0.2, 0) is 10.0 Å². The van der Waals surface area contributed by atoms with Crippen LogP contribution in [0.2, 0.25) is 0 Å². The summed E-state index contributed by atoms with van der Waals surface area (Å²) in [5.74, 6) is 0.600. The Kier molecular flexibility index (Phi) is 6.91. The molecule has 0 bridgehead atoms. The van der Waals surface area contributed by atoms with Gasteiger partial charge >= 0.3 is 0 Å². The number of aliphatic hydroxyl groups is 1. The van der Waals surface area contributed by atoms with Gasteiger partial charge in [0.15, 0.2) is 0 Å². The zero-order valence-electron chi connectivity index (χ0n) is 19.1. The number of anilines is 1. The third-order valence-corrected chi connectivity index (χ3v) is 9.48. The van der Waals surface area contributed by atoms with Crippen LogP contribution >= 0.6 is 0 Å². The minimum Gasteiger partial charge on any atom is -0.395 e. The Bertz CT molecular complexity index is 870. The van der Waals surface area contributed by atoms with Crippen molar-refractivity contribution in [3.63, 3.8) is 0 Å². The quantitative estimate of drug-likeness (QED) is 0.743. The minimum absolute atomic E-state index is 0.0291. The van der Waals surface area contributed by atoms with E-state index in [0.29, 0.717) is 23.8 Å². The fraction of sp³-hybridized carbons (Fsp3) is 0.783. The van der Waals surface area contributed by atoms with E-state index in [1.165, 1.54) is 19.3 Å². The van der Waals surface area contributed by atoms with Crippen molar-refractivity contribution in [3.05, 3.63) is 17.8 Å². The molecule has 7 nitrogen and oxygen atoms in total. The molecule has 0 unspecified atom stereocenters. The third-order valence-electron chi connectivity index (χ3n) is 7.49. The number of pyridine rings is 1. The molecule has 0 radical (unpaired) electrons. The third kappa shape index (κ3) is 4.77. The Labute approximate surface area is 187 Å². The van der Waals surface area contributed by atoms with Crippen LogP contribution in [0.25, 0.3) is 0 Å². The Morgan fingerprint density at radius 2 is 1.87 bits per heavy atom. The van der Waals surface area contributed by atoms with Gasteiger partial charge in [-0.3, -0.25) is 4.90 Å². The van der Waals surface area contributed by atoms with Gasteiger partial charge < -0.3 is 10.0 Å². The highest BCUT2D eigenvalue weighted by Crippen LogP contribution is 2.48. The van der Waals surface area contributed by atoms with E-state index in [4.69, 9.17) is 4.98 Å². The SMILES string of the molecule is Cc1ccc(S(=O)(=O)N2CC3(CCCCC3)C[C@@H]2C)c(N2CCCN(CCO)CC2)n1. The molecule has 1 saturated carbocycles. The highest BCUT2D eigenvalue weighted by Gasteiger charge is 2.48. The summed E-state index contributed by atoms with van der Waals surface area (Å²) in [5, 5.41) is 9.28. The van der Waals surface area contributed by atoms with Crippen LogP contribution < -0.4 is 4.90 Å². The first-order valence-corrected chi connectivity index (χ1v) is 13.4. The Morgan fingerprint density at radius 1 is 1.10 bits per heavy atom. The maximum atomic E-state index is 13.9. The monoisotopic (exact) mass is 450 g/mol. The number of hydrogen-bond donors (Lipinski definition) is 1. The number of aliphatic hydroxyl groups excluding tert-OH is 1. The zero-order valence-corrected chi connectivity index (χ0v) is 19.9. The second-order valence-electron chi connectivity index (χ2n) is 9.84. The molecule has 8 heteroatoms. The van der Waals surface area contributed by atoms with Gasteiger partial charge in [-0.25, -0.2) is 13.4 Å². The minimum atomic E-state index is -3.62. The average Bonchev–Trinajstić information content (AvgIpc) is 2.91. The fourth-order valence-electron chi connectivity index (χ4n) is 5.90. The molecule has 2 saturated heterocycles. The van der Waals surface area contributed by atoms with Crippen LogP contribution in [0.4, 0.5) is 5.82 Å². The van der Waals surface area contributed by atoms with Crippen molar-refractivity contribution >= 4 is 15.8 Å². The highest BCUT2D eigenvalue weighted by molar-refractivity contribution is 7.89. The van der Waals surface area contributed by atoms with Crippen LogP contribution in [0.1, 0.15) is 57.6 Å². The molecule has 0 aromatic carbocycles. The molecule has 0 amide bonds. The maximum absolute atomic E-state index is 13.9. The van der Waals surface area contributed by atoms with Gasteiger partial charge in [0.05, 0.1) is 6.61 Å². The van der Waals surface area contributed by atoms with Crippen molar-refractivity contribution < 1.29 is 13.5 Å². The van der Waals surface area contributed by atoms with Crippen LogP contribution in [0.3, 0.4) is 0 Å². The molecule has 1 N–H and O–H groups in total. The normalized spacial score (nSPS) is 25.8. The summed E-state index contributed by atoms with van der Waals surface area (Å²) in [4.78, 5) is 9.45. The smallest absolute Gasteiger partial charge is 0.247 e. The van der Waals surface area contributed by atoms with E-state index < -0.39 is 10.0 Å². The number of nitrogens with zero attached hydrogens (tertiary/aromatic N) is 4. The predicted molar refractivity (Wildman–Crippen MR) is 123 cm³/mol. The standard InChI is InChI=1S/C23H38N4O3S/c1-19-7-8-21(22(24-19)26-12-6-11-25(13-14-26)15-16-28)31(29,30)27-18-23(17-20(27)2)9-4-3-5-10-23/h7-8,20,28H,3-6,9-18H2,1-2H3/t20-/m0/s1. The van der Waals surface area contributed by atoms with Crippen molar-refractivity contribution in [2.45, 2.75) is 69.7 Å². The molecule has 4 rings (SSSR count). The average molecular weight is 451 g/mol. The number of aromatic nitrogens is 1. The van der Waals surface area contributed by atoms with Crippen molar-refractivity contribution in [1.82, 2.24) is 14.2 Å². The summed E-state index contributed by atoms with van der Waals surface area (Å²) in [7, 11) is -3.62. The molecule has 2 aliphatic heterocycles. The summed E-state index contributed by atoms with van der Waals surface area (Å²) in [5.41, 5.74) is 1.000. The zero-order chi connectivity index (χ0) is 22.1. The predicted octanol–water partition coefficient (Wildman–Crippen LogP) is 2.63. The molecule has 31 heavy (non-hydrogen) atoms. The summed E-state index contributed by atoms with van der Waals surface area (Å²) in [6.45, 7) is 8.67. The lowest BCUT2D eigenvalue weighted by atomic mass is 9.73. The van der Waals surface area contributed by atoms with Crippen LogP contribution in [0.5, 0.6) is 0 Å². The van der Waals surface area contributed by atoms with E-state index in [1.807, 2.05) is 13.0 Å². The Balaban J connectivity index is 1.62. The summed E-state index contributed by atoms with van der Waals surface area (Å²) in [6.07, 6.45) is 7.91. The van der Waals surface area contributed by atoms with Crippen molar-refractivity contribution in [2.24, 2.45) is 5.41 Å². The maximum Gasteiger partial charge on any atom is 0.247 e.